The first-order valence-electron chi connectivity index (χ1n) is 18.2. The summed E-state index contributed by atoms with van der Waals surface area (Å²) in [6.45, 7) is 6.27. The highest BCUT2D eigenvalue weighted by atomic mass is 19.3. The number of carbonyl (C=O) groups is 1. The number of likely N-dealkylation sites (tertiary alicyclic amines) is 2. The van der Waals surface area contributed by atoms with Crippen molar-refractivity contribution in [2.24, 2.45) is 5.92 Å². The van der Waals surface area contributed by atoms with Gasteiger partial charge in [-0.1, -0.05) is 24.3 Å². The Bertz CT molecular complexity index is 2420. The molecule has 3 aliphatic rings. The second-order valence-electron chi connectivity index (χ2n) is 14.5. The van der Waals surface area contributed by atoms with Gasteiger partial charge < -0.3 is 19.5 Å². The molecule has 0 unspecified atom stereocenters. The average molecular weight is 733 g/mol. The minimum atomic E-state index is -2.85. The van der Waals surface area contributed by atoms with Crippen molar-refractivity contribution in [2.75, 3.05) is 37.6 Å². The van der Waals surface area contributed by atoms with E-state index < -0.39 is 18.2 Å². The van der Waals surface area contributed by atoms with E-state index in [4.69, 9.17) is 14.4 Å². The molecule has 0 aliphatic carbocycles. The second-order valence-corrected chi connectivity index (χ2v) is 14.5. The molecule has 0 amide bonds. The lowest BCUT2D eigenvalue weighted by Gasteiger charge is -2.21. The largest absolute Gasteiger partial charge is 0.481 e. The number of aliphatic hydroxyl groups is 1. The number of hydrogen-bond acceptors (Lipinski definition) is 11. The van der Waals surface area contributed by atoms with Gasteiger partial charge in [-0.25, -0.2) is 28.7 Å². The quantitative estimate of drug-likeness (QED) is 0.172. The molecule has 14 heteroatoms. The fourth-order valence-electron chi connectivity index (χ4n) is 8.22. The Labute approximate surface area is 309 Å². The van der Waals surface area contributed by atoms with Gasteiger partial charge in [0.05, 0.1) is 17.5 Å². The zero-order valence-corrected chi connectivity index (χ0v) is 29.6. The molecule has 2 aromatic carbocycles. The summed E-state index contributed by atoms with van der Waals surface area (Å²) >= 11 is 0. The van der Waals surface area contributed by atoms with Gasteiger partial charge in [0.2, 0.25) is 11.6 Å². The molecular formula is C40H38F2N8O4. The first-order valence-corrected chi connectivity index (χ1v) is 18.2. The Balaban J connectivity index is 1.02. The number of alkyl halides is 2. The summed E-state index contributed by atoms with van der Waals surface area (Å²) in [6.07, 6.45) is 2.30. The van der Waals surface area contributed by atoms with Crippen molar-refractivity contribution in [1.82, 2.24) is 34.7 Å². The highest BCUT2D eigenvalue weighted by Crippen LogP contribution is 2.43. The highest BCUT2D eigenvalue weighted by molar-refractivity contribution is 5.91. The van der Waals surface area contributed by atoms with Crippen LogP contribution in [0.1, 0.15) is 47.3 Å². The van der Waals surface area contributed by atoms with Gasteiger partial charge in [-0.05, 0) is 90.4 Å². The number of oxazole rings is 1. The predicted molar refractivity (Wildman–Crippen MR) is 197 cm³/mol. The summed E-state index contributed by atoms with van der Waals surface area (Å²) < 4.78 is 34.6. The van der Waals surface area contributed by atoms with E-state index in [9.17, 15) is 23.8 Å². The predicted octanol–water partition coefficient (Wildman–Crippen LogP) is 6.31. The van der Waals surface area contributed by atoms with Gasteiger partial charge in [-0.2, -0.15) is 0 Å². The zero-order chi connectivity index (χ0) is 37.1. The summed E-state index contributed by atoms with van der Waals surface area (Å²) in [7, 11) is 0. The first-order chi connectivity index (χ1) is 26.2. The number of benzene rings is 2. The van der Waals surface area contributed by atoms with Crippen LogP contribution in [0.3, 0.4) is 0 Å². The van der Waals surface area contributed by atoms with Crippen LogP contribution in [0.4, 0.5) is 20.3 Å². The van der Waals surface area contributed by atoms with Crippen molar-refractivity contribution >= 4 is 39.7 Å². The molecule has 2 fully saturated rings. The van der Waals surface area contributed by atoms with Crippen LogP contribution in [0.15, 0.2) is 65.3 Å². The van der Waals surface area contributed by atoms with Gasteiger partial charge in [-0.3, -0.25) is 19.6 Å². The van der Waals surface area contributed by atoms with E-state index in [1.54, 1.807) is 18.5 Å². The molecule has 0 spiro atoms. The monoisotopic (exact) mass is 732 g/mol. The summed E-state index contributed by atoms with van der Waals surface area (Å²) in [4.78, 5) is 40.3. The number of anilines is 2. The van der Waals surface area contributed by atoms with Crippen LogP contribution in [0.2, 0.25) is 0 Å². The number of rotatable bonds is 9. The van der Waals surface area contributed by atoms with E-state index in [1.165, 1.54) is 0 Å². The van der Waals surface area contributed by atoms with Crippen LogP contribution in [0.5, 0.6) is 0 Å². The maximum absolute atomic E-state index is 14.2. The lowest BCUT2D eigenvalue weighted by atomic mass is 9.92. The number of aromatic nitrogens is 5. The number of fused-ring (bicyclic) bond motifs is 3. The minimum absolute atomic E-state index is 0.345. The molecule has 12 nitrogen and oxygen atoms in total. The molecule has 4 aromatic heterocycles. The smallest absolute Gasteiger partial charge is 0.307 e. The topological polar surface area (TPSA) is 145 Å². The lowest BCUT2D eigenvalue weighted by Crippen LogP contribution is -2.22. The van der Waals surface area contributed by atoms with Crippen LogP contribution in [0, 0.1) is 12.8 Å². The van der Waals surface area contributed by atoms with E-state index >= 15 is 0 Å². The van der Waals surface area contributed by atoms with Gasteiger partial charge in [-0.15, -0.1) is 0 Å². The Morgan fingerprint density at radius 1 is 0.889 bits per heavy atom. The molecule has 0 radical (unpaired) electrons. The van der Waals surface area contributed by atoms with Gasteiger partial charge in [0.1, 0.15) is 11.0 Å². The number of nitrogens with zero attached hydrogens (tertiary/aromatic N) is 8. The zero-order valence-electron chi connectivity index (χ0n) is 29.6. The second kappa shape index (κ2) is 13.8. The summed E-state index contributed by atoms with van der Waals surface area (Å²) in [5.74, 6) is -0.835. The van der Waals surface area contributed by atoms with Crippen molar-refractivity contribution in [1.29, 1.82) is 0 Å². The van der Waals surface area contributed by atoms with Crippen molar-refractivity contribution in [3.63, 3.8) is 0 Å². The van der Waals surface area contributed by atoms with E-state index in [2.05, 4.69) is 36.9 Å². The van der Waals surface area contributed by atoms with Crippen molar-refractivity contribution in [2.45, 2.75) is 51.8 Å². The third-order valence-corrected chi connectivity index (χ3v) is 10.9. The number of halogens is 2. The first kappa shape index (κ1) is 34.3. The third kappa shape index (κ3) is 6.33. The number of carboxylic acids is 1. The minimum Gasteiger partial charge on any atom is -0.481 e. The maximum atomic E-state index is 14.2. The fraction of sp³-hybridized carbons (Fsp3) is 0.350. The molecule has 0 saturated carbocycles. The standard InChI is InChI=1S/C40H38F2N8O4/c1-22-27(4-2-5-28(22)38-46-32-15-24(17-44-39(32)54-38)18-48-11-8-25(20-48)40(52)53)29-6-3-7-33-30(29)10-13-50(33)37-34-31(45-36(47-37)35(41)42)14-23(16-43-34)19-49-12-9-26(51)21-49/h2-7,14-17,25-26,35,51H,8-13,18-21H2,1H3,(H,52,53)/t25-,26-/m1/s1. The van der Waals surface area contributed by atoms with E-state index in [0.29, 0.717) is 86.0 Å². The van der Waals surface area contributed by atoms with Crippen LogP contribution in [-0.4, -0.2) is 89.7 Å². The molecule has 54 heavy (non-hydrogen) atoms. The van der Waals surface area contributed by atoms with Crippen molar-refractivity contribution in [3.05, 3.63) is 89.0 Å². The fourth-order valence-corrected chi connectivity index (χ4v) is 8.22. The van der Waals surface area contributed by atoms with Crippen LogP contribution in [-0.2, 0) is 24.3 Å². The van der Waals surface area contributed by atoms with Crippen LogP contribution >= 0.6 is 0 Å². The Kier molecular flexibility index (Phi) is 8.75. The Hall–Kier alpha value is -5.44. The molecule has 6 aromatic rings. The maximum Gasteiger partial charge on any atom is 0.307 e. The molecule has 2 saturated heterocycles. The van der Waals surface area contributed by atoms with Gasteiger partial charge >= 0.3 is 5.97 Å². The number of β-amino-alcohol motifs (C(OH)–C–C–N with tert-alkyl or cyclic N) is 1. The van der Waals surface area contributed by atoms with E-state index in [1.807, 2.05) is 42.2 Å². The molecular weight excluding hydrogens is 694 g/mol. The Morgan fingerprint density at radius 3 is 2.37 bits per heavy atom. The van der Waals surface area contributed by atoms with E-state index in [-0.39, 0.29) is 12.0 Å². The molecule has 2 atom stereocenters. The summed E-state index contributed by atoms with van der Waals surface area (Å²) in [6, 6.07) is 15.8. The average Bonchev–Trinajstić information content (AvgIpc) is 3.98. The van der Waals surface area contributed by atoms with Gasteiger partial charge in [0, 0.05) is 62.9 Å². The van der Waals surface area contributed by atoms with Gasteiger partial charge in [0.15, 0.2) is 11.6 Å². The number of pyridine rings is 2. The molecule has 276 valence electrons. The molecule has 9 rings (SSSR count). The van der Waals surface area contributed by atoms with Crippen LogP contribution in [0.25, 0.3) is 44.8 Å². The van der Waals surface area contributed by atoms with Crippen molar-refractivity contribution in [3.8, 4) is 22.6 Å². The molecule has 0 bridgehead atoms. The highest BCUT2D eigenvalue weighted by Gasteiger charge is 2.30. The molecule has 2 N–H and O–H groups in total. The molecule has 3 aliphatic heterocycles. The number of aliphatic carboxylic acids is 1. The number of aliphatic hydroxyl groups excluding tert-OH is 1. The summed E-state index contributed by atoms with van der Waals surface area (Å²) in [5.41, 5.74) is 9.43. The normalized spacial score (nSPS) is 19.2. The van der Waals surface area contributed by atoms with E-state index in [0.717, 1.165) is 57.7 Å². The van der Waals surface area contributed by atoms with Crippen LogP contribution < -0.4 is 4.90 Å². The number of carboxylic acid groups (broad SMARTS) is 1. The number of hydrogen-bond donors (Lipinski definition) is 2. The SMILES string of the molecule is Cc1c(-c2nc3cc(CN4CC[C@@H](C(=O)O)C4)cnc3o2)cccc1-c1cccc2c1CCN2c1nc(C(F)F)nc2cc(CN3CC[C@@H](O)C3)cnc12. The van der Waals surface area contributed by atoms with Gasteiger partial charge in [0.25, 0.3) is 6.43 Å². The summed E-state index contributed by atoms with van der Waals surface area (Å²) in [5, 5.41) is 19.3. The molecule has 7 heterocycles. The van der Waals surface area contributed by atoms with Crippen molar-refractivity contribution < 1.29 is 28.2 Å². The Morgan fingerprint density at radius 2 is 1.61 bits per heavy atom. The lowest BCUT2D eigenvalue weighted by molar-refractivity contribution is -0.141. The third-order valence-electron chi connectivity index (χ3n) is 10.9.